The van der Waals surface area contributed by atoms with Crippen LogP contribution in [0.25, 0.3) is 0 Å². The number of pyridine rings is 1. The second-order valence-electron chi connectivity index (χ2n) is 4.96. The number of hydrogen-bond acceptors (Lipinski definition) is 3. The van der Waals surface area contributed by atoms with Crippen LogP contribution >= 0.6 is 0 Å². The van der Waals surface area contributed by atoms with Crippen LogP contribution in [-0.2, 0) is 6.42 Å². The molecule has 0 aliphatic rings. The summed E-state index contributed by atoms with van der Waals surface area (Å²) < 4.78 is 5.68. The predicted molar refractivity (Wildman–Crippen MR) is 80.0 cm³/mol. The number of ether oxygens (including phenoxy) is 1. The van der Waals surface area contributed by atoms with Crippen molar-refractivity contribution in [3.05, 3.63) is 53.7 Å². The van der Waals surface area contributed by atoms with E-state index < -0.39 is 6.10 Å². The number of benzene rings is 1. The van der Waals surface area contributed by atoms with Crippen LogP contribution in [0.4, 0.5) is 0 Å². The van der Waals surface area contributed by atoms with Crippen molar-refractivity contribution < 1.29 is 9.84 Å². The molecule has 0 aliphatic carbocycles. The first-order chi connectivity index (χ1) is 9.69. The molecule has 3 nitrogen and oxygen atoms in total. The molecule has 2 rings (SSSR count). The number of aromatic nitrogens is 1. The van der Waals surface area contributed by atoms with Crippen LogP contribution in [0.2, 0.25) is 0 Å². The third-order valence-corrected chi connectivity index (χ3v) is 3.21. The largest absolute Gasteiger partial charge is 0.439 e. The molecule has 1 heterocycles. The zero-order valence-electron chi connectivity index (χ0n) is 12.0. The predicted octanol–water partition coefficient (Wildman–Crippen LogP) is 4.27. The van der Waals surface area contributed by atoms with Crippen LogP contribution in [0.5, 0.6) is 11.6 Å². The van der Waals surface area contributed by atoms with Gasteiger partial charge in [-0.15, -0.1) is 0 Å². The summed E-state index contributed by atoms with van der Waals surface area (Å²) in [5.41, 5.74) is 2.11. The van der Waals surface area contributed by atoms with Gasteiger partial charge in [-0.25, -0.2) is 4.98 Å². The quantitative estimate of drug-likeness (QED) is 0.853. The Bertz CT molecular complexity index is 518. The maximum absolute atomic E-state index is 9.42. The lowest BCUT2D eigenvalue weighted by Crippen LogP contribution is -1.94. The highest BCUT2D eigenvalue weighted by atomic mass is 16.5. The number of hydrogen-bond donors (Lipinski definition) is 1. The molecule has 106 valence electrons. The molecule has 3 heteroatoms. The summed E-state index contributed by atoms with van der Waals surface area (Å²) in [5.74, 6) is 1.32. The van der Waals surface area contributed by atoms with Crippen molar-refractivity contribution in [2.45, 2.75) is 39.2 Å². The minimum atomic E-state index is -0.505. The van der Waals surface area contributed by atoms with Crippen molar-refractivity contribution in [1.82, 2.24) is 4.98 Å². The van der Waals surface area contributed by atoms with Gasteiger partial charge >= 0.3 is 0 Å². The third kappa shape index (κ3) is 4.07. The van der Waals surface area contributed by atoms with E-state index in [1.165, 1.54) is 18.4 Å². The van der Waals surface area contributed by atoms with E-state index in [-0.39, 0.29) is 0 Å². The van der Waals surface area contributed by atoms with Crippen LogP contribution < -0.4 is 4.74 Å². The summed E-state index contributed by atoms with van der Waals surface area (Å²) in [7, 11) is 0. The van der Waals surface area contributed by atoms with Gasteiger partial charge in [0.1, 0.15) is 5.75 Å². The first-order valence-corrected chi connectivity index (χ1v) is 7.10. The summed E-state index contributed by atoms with van der Waals surface area (Å²) >= 11 is 0. The van der Waals surface area contributed by atoms with Crippen molar-refractivity contribution >= 4 is 0 Å². The Morgan fingerprint density at radius 3 is 2.45 bits per heavy atom. The van der Waals surface area contributed by atoms with Crippen molar-refractivity contribution in [2.75, 3.05) is 0 Å². The summed E-state index contributed by atoms with van der Waals surface area (Å²) in [4.78, 5) is 4.19. The molecule has 0 saturated carbocycles. The molecule has 2 aromatic rings. The van der Waals surface area contributed by atoms with Crippen molar-refractivity contribution in [3.63, 3.8) is 0 Å². The lowest BCUT2D eigenvalue weighted by atomic mass is 10.1. The lowest BCUT2D eigenvalue weighted by Gasteiger charge is -2.08. The Labute approximate surface area is 120 Å². The third-order valence-electron chi connectivity index (χ3n) is 3.21. The van der Waals surface area contributed by atoms with Crippen molar-refractivity contribution in [3.8, 4) is 11.6 Å². The molecule has 1 unspecified atom stereocenters. The molecule has 20 heavy (non-hydrogen) atoms. The molecule has 1 aromatic carbocycles. The van der Waals surface area contributed by atoms with E-state index in [1.807, 2.05) is 18.2 Å². The maximum atomic E-state index is 9.42. The Morgan fingerprint density at radius 1 is 1.15 bits per heavy atom. The number of unbranched alkanes of at least 4 members (excludes halogenated alkanes) is 1. The zero-order valence-corrected chi connectivity index (χ0v) is 12.0. The molecule has 1 aromatic heterocycles. The van der Waals surface area contributed by atoms with Crippen LogP contribution in [0.15, 0.2) is 42.6 Å². The van der Waals surface area contributed by atoms with Gasteiger partial charge in [-0.05, 0) is 49.1 Å². The average molecular weight is 271 g/mol. The number of rotatable bonds is 6. The fourth-order valence-electron chi connectivity index (χ4n) is 1.93. The van der Waals surface area contributed by atoms with E-state index in [0.29, 0.717) is 5.88 Å². The fraction of sp³-hybridized carbons (Fsp3) is 0.353. The summed E-state index contributed by atoms with van der Waals surface area (Å²) in [6.45, 7) is 3.91. The Balaban J connectivity index is 1.98. The van der Waals surface area contributed by atoms with Crippen LogP contribution in [-0.4, -0.2) is 10.1 Å². The van der Waals surface area contributed by atoms with E-state index in [0.717, 1.165) is 17.7 Å². The van der Waals surface area contributed by atoms with Gasteiger partial charge in [0, 0.05) is 12.3 Å². The molecule has 0 fully saturated rings. The Kier molecular flexibility index (Phi) is 5.13. The lowest BCUT2D eigenvalue weighted by molar-refractivity contribution is 0.198. The van der Waals surface area contributed by atoms with E-state index in [2.05, 4.69) is 24.0 Å². The van der Waals surface area contributed by atoms with Gasteiger partial charge in [-0.1, -0.05) is 25.5 Å². The molecule has 0 saturated heterocycles. The van der Waals surface area contributed by atoms with E-state index in [9.17, 15) is 5.11 Å². The number of nitrogens with zero attached hydrogens (tertiary/aromatic N) is 1. The highest BCUT2D eigenvalue weighted by Crippen LogP contribution is 2.21. The minimum absolute atomic E-state index is 0.505. The van der Waals surface area contributed by atoms with Gasteiger partial charge in [0.05, 0.1) is 6.10 Å². The molecular formula is C17H21NO2. The zero-order chi connectivity index (χ0) is 14.4. The summed E-state index contributed by atoms with van der Waals surface area (Å²) in [6, 6.07) is 11.7. The summed E-state index contributed by atoms with van der Waals surface area (Å²) in [6.07, 6.45) is 4.66. The van der Waals surface area contributed by atoms with E-state index in [1.54, 1.807) is 19.2 Å². The minimum Gasteiger partial charge on any atom is -0.439 e. The second-order valence-corrected chi connectivity index (χ2v) is 4.96. The Hall–Kier alpha value is -1.87. The molecule has 0 amide bonds. The fourth-order valence-corrected chi connectivity index (χ4v) is 1.93. The van der Waals surface area contributed by atoms with Gasteiger partial charge in [-0.3, -0.25) is 0 Å². The van der Waals surface area contributed by atoms with Gasteiger partial charge < -0.3 is 9.84 Å². The normalized spacial score (nSPS) is 12.2. The van der Waals surface area contributed by atoms with Gasteiger partial charge in [0.2, 0.25) is 5.88 Å². The number of aryl methyl sites for hydroxylation is 1. The van der Waals surface area contributed by atoms with Gasteiger partial charge in [0.15, 0.2) is 0 Å². The molecule has 0 aliphatic heterocycles. The summed E-state index contributed by atoms with van der Waals surface area (Å²) in [5, 5.41) is 9.42. The van der Waals surface area contributed by atoms with Crippen LogP contribution in [0.3, 0.4) is 0 Å². The smallest absolute Gasteiger partial charge is 0.219 e. The molecule has 0 spiro atoms. The van der Waals surface area contributed by atoms with E-state index in [4.69, 9.17) is 4.74 Å². The first kappa shape index (κ1) is 14.5. The first-order valence-electron chi connectivity index (χ1n) is 7.10. The van der Waals surface area contributed by atoms with E-state index >= 15 is 0 Å². The standard InChI is InChI=1S/C17H21NO2/c1-3-4-5-14-6-9-16(10-7-14)20-17-11-8-15(12-18-17)13(2)19/h6-13,19H,3-5H2,1-2H3. The average Bonchev–Trinajstić information content (AvgIpc) is 2.47. The molecule has 0 bridgehead atoms. The number of aliphatic hydroxyl groups is 1. The van der Waals surface area contributed by atoms with Crippen LogP contribution in [0.1, 0.15) is 43.9 Å². The molecule has 1 N–H and O–H groups in total. The topological polar surface area (TPSA) is 42.4 Å². The van der Waals surface area contributed by atoms with Gasteiger partial charge in [0.25, 0.3) is 0 Å². The molecule has 0 radical (unpaired) electrons. The second kappa shape index (κ2) is 7.06. The van der Waals surface area contributed by atoms with Crippen molar-refractivity contribution in [1.29, 1.82) is 0 Å². The molecular weight excluding hydrogens is 250 g/mol. The monoisotopic (exact) mass is 271 g/mol. The molecule has 1 atom stereocenters. The van der Waals surface area contributed by atoms with Crippen LogP contribution in [0, 0.1) is 0 Å². The highest BCUT2D eigenvalue weighted by Gasteiger charge is 2.03. The SMILES string of the molecule is CCCCc1ccc(Oc2ccc(C(C)O)cn2)cc1. The van der Waals surface area contributed by atoms with Gasteiger partial charge in [-0.2, -0.15) is 0 Å². The maximum Gasteiger partial charge on any atom is 0.219 e. The Morgan fingerprint density at radius 2 is 1.90 bits per heavy atom. The van der Waals surface area contributed by atoms with Crippen molar-refractivity contribution in [2.24, 2.45) is 0 Å². The highest BCUT2D eigenvalue weighted by molar-refractivity contribution is 5.31. The number of aliphatic hydroxyl groups excluding tert-OH is 1.